The van der Waals surface area contributed by atoms with Crippen molar-refractivity contribution in [2.75, 3.05) is 6.61 Å². The van der Waals surface area contributed by atoms with Gasteiger partial charge >= 0.3 is 0 Å². The van der Waals surface area contributed by atoms with Crippen LogP contribution in [0.15, 0.2) is 60.9 Å². The zero-order valence-electron chi connectivity index (χ0n) is 14.3. The molecule has 2 atom stereocenters. The van der Waals surface area contributed by atoms with E-state index in [-0.39, 0.29) is 12.4 Å². The third-order valence-corrected chi connectivity index (χ3v) is 4.17. The molecule has 2 unspecified atom stereocenters. The Morgan fingerprint density at radius 3 is 2.33 bits per heavy atom. The van der Waals surface area contributed by atoms with Crippen LogP contribution in [0, 0.1) is 0 Å². The van der Waals surface area contributed by atoms with E-state index in [0.717, 1.165) is 23.1 Å². The number of pyridine rings is 1. The van der Waals surface area contributed by atoms with Crippen molar-refractivity contribution < 1.29 is 14.0 Å². The van der Waals surface area contributed by atoms with Crippen LogP contribution in [0.25, 0.3) is 12.2 Å². The van der Waals surface area contributed by atoms with Crippen molar-refractivity contribution >= 4 is 12.2 Å². The third kappa shape index (κ3) is 4.19. The highest BCUT2D eigenvalue weighted by Gasteiger charge is 2.24. The fraction of sp³-hybridized carbons (Fsp3) is 0.286. The highest BCUT2D eigenvalue weighted by atomic mass is 16.7. The molecule has 1 aromatic carbocycles. The van der Waals surface area contributed by atoms with Crippen molar-refractivity contribution in [2.45, 2.75) is 25.7 Å². The van der Waals surface area contributed by atoms with Gasteiger partial charge in [-0.15, -0.1) is 0 Å². The summed E-state index contributed by atoms with van der Waals surface area (Å²) < 4.78 is 13.7. The Labute approximate surface area is 143 Å². The first kappa shape index (κ1) is 16.6. The number of hydrogen-bond acceptors (Lipinski definition) is 2. The number of rotatable bonds is 4. The van der Waals surface area contributed by atoms with Crippen LogP contribution < -0.4 is 4.57 Å². The summed E-state index contributed by atoms with van der Waals surface area (Å²) in [5.74, 6) is 0. The molecule has 1 fully saturated rings. The van der Waals surface area contributed by atoms with Gasteiger partial charge in [0.25, 0.3) is 0 Å². The average molecular weight is 322 g/mol. The summed E-state index contributed by atoms with van der Waals surface area (Å²) in [6.07, 6.45) is 8.96. The molecule has 0 amide bonds. The van der Waals surface area contributed by atoms with Crippen LogP contribution in [0.4, 0.5) is 0 Å². The van der Waals surface area contributed by atoms with Crippen LogP contribution >= 0.6 is 0 Å². The molecule has 124 valence electrons. The van der Waals surface area contributed by atoms with Crippen LogP contribution in [-0.2, 0) is 16.5 Å². The predicted octanol–water partition coefficient (Wildman–Crippen LogP) is 4.06. The highest BCUT2D eigenvalue weighted by Crippen LogP contribution is 2.29. The second kappa shape index (κ2) is 7.56. The molecule has 1 aromatic heterocycles. The molecule has 1 saturated heterocycles. The normalized spacial score (nSPS) is 21.1. The Morgan fingerprint density at radius 1 is 1.08 bits per heavy atom. The standard InChI is InChI=1S/C21H24NO2/c1-16(2)20-12-15-23-21(24-20)19-8-6-17(7-9-19)4-5-18-10-13-22(3)14-11-18/h4-11,13-14,20-21H,1,12,15H2,2-3H3/q+1/b5-4+. The summed E-state index contributed by atoms with van der Waals surface area (Å²) in [6.45, 7) is 6.70. The van der Waals surface area contributed by atoms with E-state index in [9.17, 15) is 0 Å². The first-order valence-corrected chi connectivity index (χ1v) is 8.27. The lowest BCUT2D eigenvalue weighted by atomic mass is 10.1. The van der Waals surface area contributed by atoms with Gasteiger partial charge in [0.15, 0.2) is 18.7 Å². The molecule has 0 saturated carbocycles. The van der Waals surface area contributed by atoms with E-state index in [2.05, 4.69) is 55.1 Å². The van der Waals surface area contributed by atoms with Crippen LogP contribution in [0.3, 0.4) is 0 Å². The van der Waals surface area contributed by atoms with E-state index >= 15 is 0 Å². The molecule has 3 heteroatoms. The van der Waals surface area contributed by atoms with Gasteiger partial charge in [0.1, 0.15) is 7.05 Å². The Kier molecular flexibility index (Phi) is 5.24. The Hall–Kier alpha value is -2.23. The first-order chi connectivity index (χ1) is 11.6. The first-order valence-electron chi connectivity index (χ1n) is 8.27. The molecule has 3 nitrogen and oxygen atoms in total. The van der Waals surface area contributed by atoms with Crippen LogP contribution in [0.2, 0.25) is 0 Å². The zero-order valence-corrected chi connectivity index (χ0v) is 14.3. The predicted molar refractivity (Wildman–Crippen MR) is 96.0 cm³/mol. The molecule has 0 radical (unpaired) electrons. The third-order valence-electron chi connectivity index (χ3n) is 4.17. The lowest BCUT2D eigenvalue weighted by Crippen LogP contribution is -2.27. The monoisotopic (exact) mass is 322 g/mol. The summed E-state index contributed by atoms with van der Waals surface area (Å²) >= 11 is 0. The van der Waals surface area contributed by atoms with Crippen molar-refractivity contribution in [1.29, 1.82) is 0 Å². The quantitative estimate of drug-likeness (QED) is 0.625. The molecule has 1 aliphatic heterocycles. The molecule has 0 spiro atoms. The van der Waals surface area contributed by atoms with Gasteiger partial charge in [-0.2, -0.15) is 0 Å². The number of benzene rings is 1. The highest BCUT2D eigenvalue weighted by molar-refractivity contribution is 5.69. The summed E-state index contributed by atoms with van der Waals surface area (Å²) in [6, 6.07) is 12.5. The molecular formula is C21H24NO2+. The van der Waals surface area contributed by atoms with Crippen LogP contribution in [-0.4, -0.2) is 12.7 Å². The second-order valence-corrected chi connectivity index (χ2v) is 6.26. The SMILES string of the molecule is C=C(C)C1CCOC(c2ccc(/C=C/c3cc[n+](C)cc3)cc2)O1. The fourth-order valence-corrected chi connectivity index (χ4v) is 2.66. The molecular weight excluding hydrogens is 298 g/mol. The minimum absolute atomic E-state index is 0.0859. The van der Waals surface area contributed by atoms with E-state index < -0.39 is 0 Å². The number of aryl methyl sites for hydroxylation is 1. The van der Waals surface area contributed by atoms with Crippen molar-refractivity contribution in [3.8, 4) is 0 Å². The number of ether oxygens (including phenoxy) is 2. The smallest absolute Gasteiger partial charge is 0.184 e. The van der Waals surface area contributed by atoms with Gasteiger partial charge in [-0.1, -0.05) is 48.6 Å². The summed E-state index contributed by atoms with van der Waals surface area (Å²) in [7, 11) is 2.01. The molecule has 0 bridgehead atoms. The number of aromatic nitrogens is 1. The zero-order chi connectivity index (χ0) is 16.9. The van der Waals surface area contributed by atoms with E-state index in [0.29, 0.717) is 6.61 Å². The summed E-state index contributed by atoms with van der Waals surface area (Å²) in [5.41, 5.74) is 4.43. The van der Waals surface area contributed by atoms with Crippen molar-refractivity contribution in [3.05, 3.63) is 77.6 Å². The maximum absolute atomic E-state index is 5.97. The second-order valence-electron chi connectivity index (χ2n) is 6.26. The lowest BCUT2D eigenvalue weighted by Gasteiger charge is -2.30. The molecule has 0 aliphatic carbocycles. The Morgan fingerprint density at radius 2 is 1.71 bits per heavy atom. The van der Waals surface area contributed by atoms with Gasteiger partial charge in [-0.05, 0) is 18.1 Å². The molecule has 3 rings (SSSR count). The minimum Gasteiger partial charge on any atom is -0.348 e. The Bertz CT molecular complexity index is 717. The van der Waals surface area contributed by atoms with Gasteiger partial charge in [-0.25, -0.2) is 4.57 Å². The largest absolute Gasteiger partial charge is 0.348 e. The van der Waals surface area contributed by atoms with Crippen LogP contribution in [0.5, 0.6) is 0 Å². The topological polar surface area (TPSA) is 22.3 Å². The van der Waals surface area contributed by atoms with Crippen molar-refractivity contribution in [3.63, 3.8) is 0 Å². The lowest BCUT2D eigenvalue weighted by molar-refractivity contribution is -0.671. The molecule has 0 N–H and O–H groups in total. The maximum Gasteiger partial charge on any atom is 0.184 e. The van der Waals surface area contributed by atoms with Gasteiger partial charge in [0, 0.05) is 24.1 Å². The molecule has 24 heavy (non-hydrogen) atoms. The van der Waals surface area contributed by atoms with E-state index in [1.165, 1.54) is 5.56 Å². The van der Waals surface area contributed by atoms with Gasteiger partial charge < -0.3 is 9.47 Å². The molecule has 2 aromatic rings. The average Bonchev–Trinajstić information content (AvgIpc) is 2.62. The minimum atomic E-state index is -0.299. The van der Waals surface area contributed by atoms with Crippen LogP contribution in [0.1, 0.15) is 36.3 Å². The summed E-state index contributed by atoms with van der Waals surface area (Å²) in [5, 5.41) is 0. The molecule has 1 aliphatic rings. The maximum atomic E-state index is 5.97. The van der Waals surface area contributed by atoms with E-state index in [4.69, 9.17) is 9.47 Å². The van der Waals surface area contributed by atoms with Crippen molar-refractivity contribution in [1.82, 2.24) is 0 Å². The number of hydrogen-bond donors (Lipinski definition) is 0. The van der Waals surface area contributed by atoms with Crippen molar-refractivity contribution in [2.24, 2.45) is 7.05 Å². The number of nitrogens with zero attached hydrogens (tertiary/aromatic N) is 1. The van der Waals surface area contributed by atoms with E-state index in [1.54, 1.807) is 0 Å². The van der Waals surface area contributed by atoms with Gasteiger partial charge in [0.05, 0.1) is 12.7 Å². The molecule has 2 heterocycles. The fourth-order valence-electron chi connectivity index (χ4n) is 2.66. The van der Waals surface area contributed by atoms with Gasteiger partial charge in [0.2, 0.25) is 0 Å². The Balaban J connectivity index is 1.66. The van der Waals surface area contributed by atoms with Gasteiger partial charge in [-0.3, -0.25) is 0 Å². The van der Waals surface area contributed by atoms with E-state index in [1.807, 2.05) is 30.9 Å². The summed E-state index contributed by atoms with van der Waals surface area (Å²) in [4.78, 5) is 0.